The third-order valence-electron chi connectivity index (χ3n) is 3.63. The Kier molecular flexibility index (Phi) is 4.30. The number of hydrogen-bond acceptors (Lipinski definition) is 3. The number of aliphatic hydroxyl groups excluding tert-OH is 1. The molecule has 0 saturated carbocycles. The van der Waals surface area contributed by atoms with E-state index in [2.05, 4.69) is 0 Å². The number of carbonyl (C=O) groups excluding carboxylic acids is 1. The van der Waals surface area contributed by atoms with Crippen LogP contribution in [0.15, 0.2) is 35.5 Å². The Hall–Kier alpha value is -1.19. The minimum atomic E-state index is -1.12. The molecule has 0 radical (unpaired) electrons. The van der Waals surface area contributed by atoms with Gasteiger partial charge >= 0.3 is 0 Å². The first kappa shape index (κ1) is 14.9. The summed E-state index contributed by atoms with van der Waals surface area (Å²) in [6, 6.07) is 0. The number of aliphatic hydroxyl groups is 2. The van der Waals surface area contributed by atoms with E-state index in [0.717, 1.165) is 5.57 Å². The molecule has 3 heteroatoms. The average molecular weight is 250 g/mol. The molecule has 0 bridgehead atoms. The van der Waals surface area contributed by atoms with Crippen molar-refractivity contribution in [3.05, 3.63) is 35.5 Å². The van der Waals surface area contributed by atoms with E-state index in [0.29, 0.717) is 12.0 Å². The molecule has 1 unspecified atom stereocenters. The molecule has 0 amide bonds. The first-order chi connectivity index (χ1) is 8.23. The molecule has 1 aliphatic carbocycles. The molecular weight excluding hydrogens is 228 g/mol. The lowest BCUT2D eigenvalue weighted by molar-refractivity contribution is -0.121. The number of hydrogen-bond donors (Lipinski definition) is 2. The Morgan fingerprint density at radius 2 is 2.11 bits per heavy atom. The van der Waals surface area contributed by atoms with Gasteiger partial charge in [0.15, 0.2) is 5.78 Å². The molecule has 1 atom stereocenters. The molecule has 2 N–H and O–H groups in total. The van der Waals surface area contributed by atoms with E-state index in [1.807, 2.05) is 20.8 Å². The normalized spacial score (nSPS) is 28.7. The van der Waals surface area contributed by atoms with Gasteiger partial charge in [-0.1, -0.05) is 31.6 Å². The van der Waals surface area contributed by atoms with E-state index in [-0.39, 0.29) is 12.4 Å². The maximum atomic E-state index is 11.6. The molecule has 0 aromatic heterocycles. The second kappa shape index (κ2) is 5.21. The van der Waals surface area contributed by atoms with Crippen LogP contribution in [-0.4, -0.2) is 28.2 Å². The zero-order valence-corrected chi connectivity index (χ0v) is 11.5. The molecule has 3 nitrogen and oxygen atoms in total. The smallest absolute Gasteiger partial charge is 0.156 e. The Morgan fingerprint density at radius 3 is 2.61 bits per heavy atom. The van der Waals surface area contributed by atoms with Crippen molar-refractivity contribution < 1.29 is 15.0 Å². The number of rotatable bonds is 3. The van der Waals surface area contributed by atoms with Crippen molar-refractivity contribution in [1.82, 2.24) is 0 Å². The molecule has 0 saturated heterocycles. The minimum Gasteiger partial charge on any atom is -0.392 e. The second-order valence-electron chi connectivity index (χ2n) is 5.58. The molecular formula is C15H22O3. The molecule has 0 aliphatic heterocycles. The molecule has 0 heterocycles. The van der Waals surface area contributed by atoms with Crippen molar-refractivity contribution in [2.75, 3.05) is 6.61 Å². The standard InChI is InChI=1S/C15H22O3/c1-11(6-8-16)5-7-15(18)12(2)9-13(17)10-14(15,3)4/h5-7,9,16,18H,8,10H2,1-4H3/b7-5?,11-6-. The van der Waals surface area contributed by atoms with E-state index in [1.54, 1.807) is 25.2 Å². The van der Waals surface area contributed by atoms with Crippen molar-refractivity contribution in [2.45, 2.75) is 39.7 Å². The monoisotopic (exact) mass is 250 g/mol. The van der Waals surface area contributed by atoms with Crippen molar-refractivity contribution in [1.29, 1.82) is 0 Å². The SMILES string of the molecule is CC1=CC(=O)CC(C)(C)C1(O)C=C/C(C)=C\CO. The summed E-state index contributed by atoms with van der Waals surface area (Å²) in [5, 5.41) is 19.6. The quantitative estimate of drug-likeness (QED) is 0.755. The highest BCUT2D eigenvalue weighted by molar-refractivity contribution is 5.92. The van der Waals surface area contributed by atoms with Crippen LogP contribution in [-0.2, 0) is 4.79 Å². The third-order valence-corrected chi connectivity index (χ3v) is 3.63. The van der Waals surface area contributed by atoms with Crippen molar-refractivity contribution in [3.8, 4) is 0 Å². The van der Waals surface area contributed by atoms with E-state index >= 15 is 0 Å². The lowest BCUT2D eigenvalue weighted by Crippen LogP contribution is -2.48. The first-order valence-corrected chi connectivity index (χ1v) is 6.14. The largest absolute Gasteiger partial charge is 0.392 e. The summed E-state index contributed by atoms with van der Waals surface area (Å²) in [6.45, 7) is 7.38. The van der Waals surface area contributed by atoms with Crippen LogP contribution >= 0.6 is 0 Å². The molecule has 1 rings (SSSR count). The lowest BCUT2D eigenvalue weighted by atomic mass is 9.64. The van der Waals surface area contributed by atoms with Gasteiger partial charge in [-0.05, 0) is 31.6 Å². The van der Waals surface area contributed by atoms with Gasteiger partial charge in [-0.2, -0.15) is 0 Å². The van der Waals surface area contributed by atoms with Gasteiger partial charge < -0.3 is 10.2 Å². The summed E-state index contributed by atoms with van der Waals surface area (Å²) in [5.41, 5.74) is -0.104. The topological polar surface area (TPSA) is 57.5 Å². The Bertz CT molecular complexity index is 427. The van der Waals surface area contributed by atoms with Gasteiger partial charge in [0.1, 0.15) is 5.60 Å². The van der Waals surface area contributed by atoms with Crippen LogP contribution in [0.4, 0.5) is 0 Å². The highest BCUT2D eigenvalue weighted by atomic mass is 16.3. The second-order valence-corrected chi connectivity index (χ2v) is 5.58. The summed E-state index contributed by atoms with van der Waals surface area (Å²) >= 11 is 0. The molecule has 0 aromatic rings. The summed E-state index contributed by atoms with van der Waals surface area (Å²) in [6.07, 6.45) is 7.01. The molecule has 18 heavy (non-hydrogen) atoms. The van der Waals surface area contributed by atoms with E-state index in [1.165, 1.54) is 6.08 Å². The first-order valence-electron chi connectivity index (χ1n) is 6.14. The van der Waals surface area contributed by atoms with Crippen molar-refractivity contribution in [3.63, 3.8) is 0 Å². The lowest BCUT2D eigenvalue weighted by Gasteiger charge is -2.44. The fourth-order valence-electron chi connectivity index (χ4n) is 2.33. The van der Waals surface area contributed by atoms with Crippen molar-refractivity contribution >= 4 is 5.78 Å². The van der Waals surface area contributed by atoms with Gasteiger partial charge in [-0.15, -0.1) is 0 Å². The Morgan fingerprint density at radius 1 is 1.50 bits per heavy atom. The Labute approximate surface area is 109 Å². The summed E-state index contributed by atoms with van der Waals surface area (Å²) in [5.74, 6) is 0.0539. The van der Waals surface area contributed by atoms with Crippen LogP contribution in [0.25, 0.3) is 0 Å². The van der Waals surface area contributed by atoms with E-state index in [9.17, 15) is 9.90 Å². The molecule has 0 spiro atoms. The van der Waals surface area contributed by atoms with E-state index in [4.69, 9.17) is 5.11 Å². The maximum absolute atomic E-state index is 11.6. The van der Waals surface area contributed by atoms with Crippen LogP contribution < -0.4 is 0 Å². The Balaban J connectivity index is 3.13. The molecule has 0 fully saturated rings. The van der Waals surface area contributed by atoms with Gasteiger partial charge in [-0.25, -0.2) is 0 Å². The number of carbonyl (C=O) groups is 1. The predicted molar refractivity (Wildman–Crippen MR) is 72.1 cm³/mol. The number of allylic oxidation sites excluding steroid dienone is 3. The van der Waals surface area contributed by atoms with Crippen LogP contribution in [0.5, 0.6) is 0 Å². The average Bonchev–Trinajstić information content (AvgIpc) is 2.23. The third kappa shape index (κ3) is 2.79. The zero-order chi connectivity index (χ0) is 14.0. The van der Waals surface area contributed by atoms with Gasteiger partial charge in [0.25, 0.3) is 0 Å². The van der Waals surface area contributed by atoms with Crippen LogP contribution in [0.3, 0.4) is 0 Å². The molecule has 100 valence electrons. The van der Waals surface area contributed by atoms with Crippen LogP contribution in [0, 0.1) is 5.41 Å². The fourth-order valence-corrected chi connectivity index (χ4v) is 2.33. The van der Waals surface area contributed by atoms with Gasteiger partial charge in [-0.3, -0.25) is 4.79 Å². The molecule has 1 aliphatic rings. The van der Waals surface area contributed by atoms with Gasteiger partial charge in [0, 0.05) is 11.8 Å². The summed E-state index contributed by atoms with van der Waals surface area (Å²) in [4.78, 5) is 11.6. The number of ketones is 1. The highest BCUT2D eigenvalue weighted by Gasteiger charge is 2.46. The van der Waals surface area contributed by atoms with Gasteiger partial charge in [0.2, 0.25) is 0 Å². The predicted octanol–water partition coefficient (Wildman–Crippen LogP) is 2.16. The van der Waals surface area contributed by atoms with Crippen molar-refractivity contribution in [2.24, 2.45) is 5.41 Å². The summed E-state index contributed by atoms with van der Waals surface area (Å²) < 4.78 is 0. The van der Waals surface area contributed by atoms with Crippen LogP contribution in [0.2, 0.25) is 0 Å². The highest BCUT2D eigenvalue weighted by Crippen LogP contribution is 2.44. The molecule has 0 aromatic carbocycles. The maximum Gasteiger partial charge on any atom is 0.156 e. The fraction of sp³-hybridized carbons (Fsp3) is 0.533. The minimum absolute atomic E-state index is 0.0225. The van der Waals surface area contributed by atoms with E-state index < -0.39 is 11.0 Å². The zero-order valence-electron chi connectivity index (χ0n) is 11.5. The van der Waals surface area contributed by atoms with Gasteiger partial charge in [0.05, 0.1) is 6.61 Å². The summed E-state index contributed by atoms with van der Waals surface area (Å²) in [7, 11) is 0. The van der Waals surface area contributed by atoms with Crippen LogP contribution in [0.1, 0.15) is 34.1 Å².